The molecule has 0 aliphatic carbocycles. The first-order valence-electron chi connectivity index (χ1n) is 3.90. The van der Waals surface area contributed by atoms with Crippen LogP contribution >= 0.6 is 11.3 Å². The highest BCUT2D eigenvalue weighted by atomic mass is 32.2. The molecule has 0 radical (unpaired) electrons. The fourth-order valence-corrected chi connectivity index (χ4v) is 2.80. The second-order valence-corrected chi connectivity index (χ2v) is 5.96. The van der Waals surface area contributed by atoms with Gasteiger partial charge in [-0.3, -0.25) is 0 Å². The average molecular weight is 219 g/mol. The van der Waals surface area contributed by atoms with Gasteiger partial charge in [0.2, 0.25) is 0 Å². The highest BCUT2D eigenvalue weighted by molar-refractivity contribution is 7.90. The van der Waals surface area contributed by atoms with Crippen LogP contribution in [0.5, 0.6) is 0 Å². The van der Waals surface area contributed by atoms with Crippen LogP contribution in [0.3, 0.4) is 0 Å². The fourth-order valence-electron chi connectivity index (χ4n) is 1.12. The van der Waals surface area contributed by atoms with Gasteiger partial charge in [-0.1, -0.05) is 0 Å². The van der Waals surface area contributed by atoms with E-state index in [9.17, 15) is 8.42 Å². The van der Waals surface area contributed by atoms with Crippen LogP contribution in [0.2, 0.25) is 0 Å². The van der Waals surface area contributed by atoms with Crippen molar-refractivity contribution < 1.29 is 8.42 Å². The van der Waals surface area contributed by atoms with Crippen LogP contribution < -0.4 is 5.32 Å². The van der Waals surface area contributed by atoms with Crippen molar-refractivity contribution in [1.82, 2.24) is 5.32 Å². The van der Waals surface area contributed by atoms with Crippen molar-refractivity contribution in [3.63, 3.8) is 0 Å². The van der Waals surface area contributed by atoms with E-state index >= 15 is 0 Å². The zero-order chi connectivity index (χ0) is 9.90. The lowest BCUT2D eigenvalue weighted by Gasteiger charge is -2.12. The van der Waals surface area contributed by atoms with Crippen molar-refractivity contribution in [1.29, 1.82) is 0 Å². The Morgan fingerprint density at radius 2 is 2.31 bits per heavy atom. The van der Waals surface area contributed by atoms with Crippen molar-refractivity contribution in [3.8, 4) is 0 Å². The fraction of sp³-hybridized carbons (Fsp3) is 0.500. The number of nitrogens with one attached hydrogen (secondary N) is 1. The summed E-state index contributed by atoms with van der Waals surface area (Å²) < 4.78 is 22.1. The molecule has 0 aromatic carbocycles. The summed E-state index contributed by atoms with van der Waals surface area (Å²) in [6, 6.07) is 1.86. The van der Waals surface area contributed by atoms with Gasteiger partial charge in [0.25, 0.3) is 0 Å². The Morgan fingerprint density at radius 3 is 2.69 bits per heavy atom. The first-order valence-corrected chi connectivity index (χ1v) is 6.90. The summed E-state index contributed by atoms with van der Waals surface area (Å²) in [6.45, 7) is 0. The molecule has 0 spiro atoms. The van der Waals surface area contributed by atoms with E-state index in [1.54, 1.807) is 18.4 Å². The number of hydrogen-bond acceptors (Lipinski definition) is 4. The van der Waals surface area contributed by atoms with Gasteiger partial charge < -0.3 is 5.32 Å². The van der Waals surface area contributed by atoms with Crippen molar-refractivity contribution in [3.05, 3.63) is 22.4 Å². The van der Waals surface area contributed by atoms with E-state index in [1.165, 1.54) is 6.26 Å². The first-order chi connectivity index (χ1) is 6.03. The molecule has 1 aromatic rings. The molecule has 1 N–H and O–H groups in total. The predicted molar refractivity (Wildman–Crippen MR) is 55.8 cm³/mol. The lowest BCUT2D eigenvalue weighted by Crippen LogP contribution is -2.24. The summed E-state index contributed by atoms with van der Waals surface area (Å²) in [5.41, 5.74) is 1.04. The topological polar surface area (TPSA) is 46.2 Å². The maximum Gasteiger partial charge on any atom is 0.149 e. The molecule has 1 aromatic heterocycles. The highest BCUT2D eigenvalue weighted by Crippen LogP contribution is 2.17. The zero-order valence-corrected chi connectivity index (χ0v) is 9.28. The molecular weight excluding hydrogens is 206 g/mol. The van der Waals surface area contributed by atoms with Gasteiger partial charge in [-0.2, -0.15) is 11.3 Å². The Bertz CT molecular complexity index is 342. The lowest BCUT2D eigenvalue weighted by molar-refractivity contribution is 0.580. The normalized spacial score (nSPS) is 14.3. The van der Waals surface area contributed by atoms with Gasteiger partial charge in [0.1, 0.15) is 9.84 Å². The highest BCUT2D eigenvalue weighted by Gasteiger charge is 2.15. The van der Waals surface area contributed by atoms with E-state index in [0.29, 0.717) is 0 Å². The monoisotopic (exact) mass is 219 g/mol. The van der Waals surface area contributed by atoms with Crippen molar-refractivity contribution in [2.75, 3.05) is 19.1 Å². The second-order valence-electron chi connectivity index (χ2n) is 2.99. The molecule has 0 saturated carbocycles. The Balaban J connectivity index is 2.76. The summed E-state index contributed by atoms with van der Waals surface area (Å²) >= 11 is 1.57. The smallest absolute Gasteiger partial charge is 0.149 e. The molecule has 3 nitrogen and oxygen atoms in total. The third-order valence-electron chi connectivity index (χ3n) is 1.76. The number of hydrogen-bond donors (Lipinski definition) is 1. The van der Waals surface area contributed by atoms with Crippen LogP contribution in [-0.2, 0) is 9.84 Å². The molecule has 0 fully saturated rings. The third-order valence-corrected chi connectivity index (χ3v) is 3.40. The second kappa shape index (κ2) is 4.21. The minimum Gasteiger partial charge on any atom is -0.312 e. The van der Waals surface area contributed by atoms with Crippen LogP contribution in [0, 0.1) is 0 Å². The molecular formula is C8H13NO2S2. The van der Waals surface area contributed by atoms with E-state index in [2.05, 4.69) is 5.32 Å². The average Bonchev–Trinajstić information content (AvgIpc) is 2.50. The van der Waals surface area contributed by atoms with Gasteiger partial charge in [0.05, 0.1) is 5.75 Å². The molecule has 1 unspecified atom stereocenters. The van der Waals surface area contributed by atoms with Crippen LogP contribution in [0.4, 0.5) is 0 Å². The van der Waals surface area contributed by atoms with Crippen LogP contribution in [0.15, 0.2) is 16.8 Å². The van der Waals surface area contributed by atoms with Gasteiger partial charge in [-0.25, -0.2) is 8.42 Å². The number of sulfone groups is 1. The van der Waals surface area contributed by atoms with Crippen LogP contribution in [0.25, 0.3) is 0 Å². The molecule has 1 rings (SSSR count). The number of rotatable bonds is 4. The summed E-state index contributed by atoms with van der Waals surface area (Å²) in [5.74, 6) is 0.153. The van der Waals surface area contributed by atoms with Crippen molar-refractivity contribution >= 4 is 21.2 Å². The maximum absolute atomic E-state index is 11.1. The first kappa shape index (κ1) is 10.7. The molecule has 1 atom stereocenters. The minimum atomic E-state index is -2.92. The summed E-state index contributed by atoms with van der Waals surface area (Å²) in [4.78, 5) is 0. The zero-order valence-electron chi connectivity index (χ0n) is 7.65. The Hall–Kier alpha value is -0.390. The van der Waals surface area contributed by atoms with Gasteiger partial charge in [0, 0.05) is 12.3 Å². The Morgan fingerprint density at radius 1 is 1.62 bits per heavy atom. The molecule has 0 amide bonds. The van der Waals surface area contributed by atoms with Gasteiger partial charge in [-0.15, -0.1) is 0 Å². The predicted octanol–water partition coefficient (Wildman–Crippen LogP) is 1.05. The minimum absolute atomic E-state index is 0.0822. The van der Waals surface area contributed by atoms with Crippen LogP contribution in [0.1, 0.15) is 11.6 Å². The molecule has 0 bridgehead atoms. The summed E-state index contributed by atoms with van der Waals surface area (Å²) in [6.07, 6.45) is 1.25. The quantitative estimate of drug-likeness (QED) is 0.823. The van der Waals surface area contributed by atoms with Gasteiger partial charge in [0.15, 0.2) is 0 Å². The van der Waals surface area contributed by atoms with Crippen molar-refractivity contribution in [2.45, 2.75) is 6.04 Å². The largest absolute Gasteiger partial charge is 0.312 e. The molecule has 0 saturated heterocycles. The van der Waals surface area contributed by atoms with E-state index in [-0.39, 0.29) is 11.8 Å². The molecule has 1 heterocycles. The Labute approximate surface area is 82.7 Å². The van der Waals surface area contributed by atoms with Crippen LogP contribution in [-0.4, -0.2) is 27.5 Å². The van der Waals surface area contributed by atoms with E-state index in [1.807, 2.05) is 16.8 Å². The SMILES string of the molecule is CNC(CS(C)(=O)=O)c1ccsc1. The summed E-state index contributed by atoms with van der Waals surface area (Å²) in [5, 5.41) is 6.90. The van der Waals surface area contributed by atoms with Gasteiger partial charge in [-0.05, 0) is 29.4 Å². The molecule has 5 heteroatoms. The van der Waals surface area contributed by atoms with Gasteiger partial charge >= 0.3 is 0 Å². The molecule has 13 heavy (non-hydrogen) atoms. The number of thiophene rings is 1. The Kier molecular flexibility index (Phi) is 3.47. The molecule has 74 valence electrons. The van der Waals surface area contributed by atoms with E-state index in [4.69, 9.17) is 0 Å². The lowest BCUT2D eigenvalue weighted by atomic mass is 10.2. The standard InChI is InChI=1S/C8H13NO2S2/c1-9-8(6-13(2,10)11)7-3-4-12-5-7/h3-5,8-9H,6H2,1-2H3. The third kappa shape index (κ3) is 3.46. The van der Waals surface area contributed by atoms with E-state index < -0.39 is 9.84 Å². The maximum atomic E-state index is 11.1. The van der Waals surface area contributed by atoms with Crippen molar-refractivity contribution in [2.24, 2.45) is 0 Å². The molecule has 0 aliphatic heterocycles. The summed E-state index contributed by atoms with van der Waals surface area (Å²) in [7, 11) is -1.15. The van der Waals surface area contributed by atoms with E-state index in [0.717, 1.165) is 5.56 Å². The molecule has 0 aliphatic rings.